The monoisotopic (exact) mass is 442 g/mol. The average Bonchev–Trinajstić information content (AvgIpc) is 3.22. The normalized spacial score (nSPS) is 20.6. The van der Waals surface area contributed by atoms with Crippen LogP contribution in [0, 0.1) is 10.1 Å². The van der Waals surface area contributed by atoms with Gasteiger partial charge in [-0.15, -0.1) is 0 Å². The van der Waals surface area contributed by atoms with E-state index in [1.54, 1.807) is 23.9 Å². The molecule has 160 valence electrons. The fraction of sp³-hybridized carbons (Fsp3) is 0.192. The summed E-state index contributed by atoms with van der Waals surface area (Å²) in [6.07, 6.45) is 3.06. The zero-order valence-electron chi connectivity index (χ0n) is 18.3. The summed E-state index contributed by atoms with van der Waals surface area (Å²) in [4.78, 5) is 14.2. The van der Waals surface area contributed by atoms with Gasteiger partial charge >= 0.3 is 0 Å². The second kappa shape index (κ2) is 7.64. The third kappa shape index (κ3) is 3.22. The van der Waals surface area contributed by atoms with Gasteiger partial charge in [0, 0.05) is 41.8 Å². The lowest BCUT2D eigenvalue weighted by molar-refractivity contribution is -0.401. The van der Waals surface area contributed by atoms with Gasteiger partial charge < -0.3 is 4.90 Å². The number of hydrogen-bond acceptors (Lipinski definition) is 4. The first-order valence-electron chi connectivity index (χ1n) is 10.5. The Hall–Kier alpha value is -3.38. The smallest absolute Gasteiger partial charge is 0.269 e. The molecule has 0 bridgehead atoms. The van der Waals surface area contributed by atoms with Gasteiger partial charge in [-0.25, -0.2) is 0 Å². The Morgan fingerprint density at radius 3 is 2.47 bits per heavy atom. The number of anilines is 1. The van der Waals surface area contributed by atoms with E-state index in [4.69, 9.17) is 0 Å². The molecule has 1 atom stereocenters. The molecule has 0 N–H and O–H groups in total. The Balaban J connectivity index is 1.58. The van der Waals surface area contributed by atoms with Crippen LogP contribution in [0.2, 0.25) is 0 Å². The van der Waals surface area contributed by atoms with Crippen molar-refractivity contribution in [2.24, 2.45) is 0 Å². The van der Waals surface area contributed by atoms with E-state index in [-0.39, 0.29) is 16.0 Å². The molecular formula is C26H24N3O2S+. The highest BCUT2D eigenvalue weighted by atomic mass is 32.2. The highest BCUT2D eigenvalue weighted by molar-refractivity contribution is 8.03. The summed E-state index contributed by atoms with van der Waals surface area (Å²) < 4.78 is 2.28. The van der Waals surface area contributed by atoms with Crippen LogP contribution >= 0.6 is 11.8 Å². The van der Waals surface area contributed by atoms with Crippen molar-refractivity contribution in [1.82, 2.24) is 0 Å². The summed E-state index contributed by atoms with van der Waals surface area (Å²) in [6, 6.07) is 23.9. The molecule has 5 nitrogen and oxygen atoms in total. The molecule has 32 heavy (non-hydrogen) atoms. The van der Waals surface area contributed by atoms with Crippen LogP contribution in [0.5, 0.6) is 0 Å². The largest absolute Gasteiger partial charge is 0.338 e. The van der Waals surface area contributed by atoms with Crippen LogP contribution in [0.4, 0.5) is 17.1 Å². The van der Waals surface area contributed by atoms with Crippen LogP contribution in [0.15, 0.2) is 88.8 Å². The number of para-hydroxylation sites is 2. The first-order valence-corrected chi connectivity index (χ1v) is 11.4. The molecule has 2 aliphatic rings. The van der Waals surface area contributed by atoms with Gasteiger partial charge in [0.25, 0.3) is 5.69 Å². The minimum absolute atomic E-state index is 0.121. The van der Waals surface area contributed by atoms with Gasteiger partial charge in [-0.2, -0.15) is 4.58 Å². The maximum Gasteiger partial charge on any atom is 0.269 e. The molecule has 1 unspecified atom stereocenters. The SMILES string of the molecule is CN1/C(=C/C2=[N+](C)c3ccccc3C2(C)Cc2ccc([N+](=O)[O-])cc2)Sc2ccccc21. The van der Waals surface area contributed by atoms with Gasteiger partial charge in [0.05, 0.1) is 21.1 Å². The third-order valence-corrected chi connectivity index (χ3v) is 7.69. The van der Waals surface area contributed by atoms with E-state index in [1.807, 2.05) is 12.1 Å². The van der Waals surface area contributed by atoms with Gasteiger partial charge in [0.1, 0.15) is 7.05 Å². The van der Waals surface area contributed by atoms with Gasteiger partial charge in [0.2, 0.25) is 5.69 Å². The van der Waals surface area contributed by atoms with Crippen LogP contribution in [-0.2, 0) is 11.8 Å². The van der Waals surface area contributed by atoms with E-state index in [1.165, 1.54) is 32.6 Å². The Morgan fingerprint density at radius 2 is 1.75 bits per heavy atom. The topological polar surface area (TPSA) is 49.4 Å². The Bertz CT molecular complexity index is 1300. The molecule has 3 aromatic rings. The van der Waals surface area contributed by atoms with Crippen LogP contribution in [0.25, 0.3) is 0 Å². The number of benzene rings is 3. The van der Waals surface area contributed by atoms with Gasteiger partial charge in [0.15, 0.2) is 5.71 Å². The van der Waals surface area contributed by atoms with Gasteiger partial charge in [-0.1, -0.05) is 54.2 Å². The Morgan fingerprint density at radius 1 is 1.06 bits per heavy atom. The van der Waals surface area contributed by atoms with Crippen LogP contribution < -0.4 is 4.90 Å². The maximum absolute atomic E-state index is 11.1. The lowest BCUT2D eigenvalue weighted by Gasteiger charge is -2.23. The Labute approximate surface area is 191 Å². The van der Waals surface area contributed by atoms with Crippen molar-refractivity contribution in [2.45, 2.75) is 23.7 Å². The van der Waals surface area contributed by atoms with E-state index in [9.17, 15) is 10.1 Å². The summed E-state index contributed by atoms with van der Waals surface area (Å²) in [5, 5.41) is 12.3. The first-order chi connectivity index (χ1) is 15.4. The highest BCUT2D eigenvalue weighted by Crippen LogP contribution is 2.47. The van der Waals surface area contributed by atoms with Gasteiger partial charge in [-0.3, -0.25) is 10.1 Å². The maximum atomic E-state index is 11.1. The number of rotatable bonds is 4. The van der Waals surface area contributed by atoms with Gasteiger partial charge in [-0.05, 0) is 31.0 Å². The quantitative estimate of drug-likeness (QED) is 0.286. The molecule has 0 radical (unpaired) electrons. The van der Waals surface area contributed by atoms with Crippen molar-refractivity contribution in [3.05, 3.63) is 105 Å². The molecule has 0 saturated heterocycles. The fourth-order valence-electron chi connectivity index (χ4n) is 4.82. The summed E-state index contributed by atoms with van der Waals surface area (Å²) in [7, 11) is 4.24. The summed E-state index contributed by atoms with van der Waals surface area (Å²) >= 11 is 1.79. The molecule has 0 fully saturated rings. The Kier molecular flexibility index (Phi) is 4.90. The number of nitro groups is 1. The highest BCUT2D eigenvalue weighted by Gasteiger charge is 2.47. The van der Waals surface area contributed by atoms with Crippen LogP contribution in [0.3, 0.4) is 0 Å². The summed E-state index contributed by atoms with van der Waals surface area (Å²) in [5.41, 5.74) is 5.86. The molecule has 0 aromatic heterocycles. The molecule has 0 saturated carbocycles. The standard InChI is InChI=1S/C26H24N3O2S/c1-26(17-18-12-14-19(15-13-18)29(30)31)20-8-4-5-9-21(20)27(2)24(26)16-25-28(3)22-10-6-7-11-23(22)32-25/h4-16H,17H2,1-3H3/q+1. The van der Waals surface area contributed by atoms with Crippen molar-refractivity contribution in [2.75, 3.05) is 19.0 Å². The molecule has 5 rings (SSSR count). The third-order valence-electron chi connectivity index (χ3n) is 6.52. The predicted molar refractivity (Wildman–Crippen MR) is 130 cm³/mol. The summed E-state index contributed by atoms with van der Waals surface area (Å²) in [5.74, 6) is 0. The number of allylic oxidation sites excluding steroid dienone is 1. The number of nitro benzene ring substituents is 1. The van der Waals surface area contributed by atoms with Crippen molar-refractivity contribution < 1.29 is 9.50 Å². The molecule has 0 aliphatic carbocycles. The van der Waals surface area contributed by atoms with Crippen LogP contribution in [0.1, 0.15) is 18.1 Å². The van der Waals surface area contributed by atoms with Crippen molar-refractivity contribution in [3.63, 3.8) is 0 Å². The lowest BCUT2D eigenvalue weighted by Crippen LogP contribution is -2.34. The second-order valence-electron chi connectivity index (χ2n) is 8.51. The predicted octanol–water partition coefficient (Wildman–Crippen LogP) is 5.91. The van der Waals surface area contributed by atoms with Crippen molar-refractivity contribution in [3.8, 4) is 0 Å². The van der Waals surface area contributed by atoms with Crippen molar-refractivity contribution in [1.29, 1.82) is 0 Å². The fourth-order valence-corrected chi connectivity index (χ4v) is 5.91. The van der Waals surface area contributed by atoms with E-state index in [0.29, 0.717) is 0 Å². The van der Waals surface area contributed by atoms with E-state index < -0.39 is 0 Å². The number of thioether (sulfide) groups is 1. The number of fused-ring (bicyclic) bond motifs is 2. The van der Waals surface area contributed by atoms with E-state index in [0.717, 1.165) is 12.0 Å². The molecular weight excluding hydrogens is 418 g/mol. The zero-order valence-corrected chi connectivity index (χ0v) is 19.1. The molecule has 2 aliphatic heterocycles. The molecule has 0 amide bonds. The minimum atomic E-state index is -0.350. The van der Waals surface area contributed by atoms with Crippen molar-refractivity contribution >= 4 is 34.5 Å². The first kappa shape index (κ1) is 20.5. The molecule has 6 heteroatoms. The summed E-state index contributed by atoms with van der Waals surface area (Å²) in [6.45, 7) is 2.27. The second-order valence-corrected chi connectivity index (χ2v) is 9.57. The minimum Gasteiger partial charge on any atom is -0.338 e. The van der Waals surface area contributed by atoms with E-state index in [2.05, 4.69) is 85.1 Å². The molecule has 0 spiro atoms. The number of non-ortho nitro benzene ring substituents is 1. The zero-order chi connectivity index (χ0) is 22.5. The number of nitrogens with zero attached hydrogens (tertiary/aromatic N) is 3. The van der Waals surface area contributed by atoms with Crippen LogP contribution in [-0.4, -0.2) is 29.3 Å². The number of hydrogen-bond donors (Lipinski definition) is 0. The lowest BCUT2D eigenvalue weighted by atomic mass is 9.74. The van der Waals surface area contributed by atoms with E-state index >= 15 is 0 Å². The molecule has 2 heterocycles. The average molecular weight is 443 g/mol. The molecule has 3 aromatic carbocycles.